The molecule has 0 saturated carbocycles. The minimum Gasteiger partial charge on any atom is -0.369 e. The van der Waals surface area contributed by atoms with Crippen molar-refractivity contribution in [3.05, 3.63) is 90.8 Å². The van der Waals surface area contributed by atoms with Crippen molar-refractivity contribution < 1.29 is 14.5 Å². The number of non-ortho nitro benzene ring substituents is 1. The molecule has 1 atom stereocenters. The molecule has 4 N–H and O–H groups in total. The van der Waals surface area contributed by atoms with Gasteiger partial charge in [0, 0.05) is 46.6 Å². The lowest BCUT2D eigenvalue weighted by molar-refractivity contribution is -0.384. The summed E-state index contributed by atoms with van der Waals surface area (Å²) in [6, 6.07) is 10.8. The number of carbonyl (C=O) groups is 2. The molecule has 3 aliphatic rings. The van der Waals surface area contributed by atoms with Gasteiger partial charge in [-0.3, -0.25) is 29.5 Å². The number of nitrogens with one attached hydrogen (secondary N) is 2. The second kappa shape index (κ2) is 6.38. The number of hydrogen-bond donors (Lipinski definition) is 3. The number of aromatic amines is 1. The number of nitrogens with zero attached hydrogens (tertiary/aromatic N) is 3. The Bertz CT molecular complexity index is 1590. The molecule has 6 rings (SSSR count). The van der Waals surface area contributed by atoms with Crippen LogP contribution in [-0.2, 0) is 10.2 Å². The number of amides is 1. The highest BCUT2D eigenvalue weighted by molar-refractivity contribution is 6.31. The molecule has 2 aliphatic heterocycles. The molecule has 0 radical (unpaired) electrons. The first-order valence-corrected chi connectivity index (χ1v) is 10.5. The maximum atomic E-state index is 14.2. The molecule has 3 heterocycles. The summed E-state index contributed by atoms with van der Waals surface area (Å²) in [4.78, 5) is 60.5. The van der Waals surface area contributed by atoms with E-state index in [9.17, 15) is 24.5 Å². The molecule has 11 heteroatoms. The summed E-state index contributed by atoms with van der Waals surface area (Å²) in [5.74, 6) is -1.15. The fraction of sp³-hybridized carbons (Fsp3) is 0.130. The van der Waals surface area contributed by atoms with E-state index >= 15 is 0 Å². The number of nitro benzene ring substituents is 1. The van der Waals surface area contributed by atoms with Gasteiger partial charge >= 0.3 is 0 Å². The molecule has 1 amide bonds. The van der Waals surface area contributed by atoms with Crippen LogP contribution in [0, 0.1) is 10.1 Å². The van der Waals surface area contributed by atoms with Crippen molar-refractivity contribution in [1.82, 2.24) is 9.97 Å². The number of fused-ring (bicyclic) bond motifs is 7. The van der Waals surface area contributed by atoms with Gasteiger partial charge in [0.15, 0.2) is 5.78 Å². The van der Waals surface area contributed by atoms with Crippen molar-refractivity contribution in [2.45, 2.75) is 12.3 Å². The monoisotopic (exact) mass is 456 g/mol. The lowest BCUT2D eigenvalue weighted by Crippen LogP contribution is -2.49. The summed E-state index contributed by atoms with van der Waals surface area (Å²) in [7, 11) is 0. The van der Waals surface area contributed by atoms with Gasteiger partial charge in [-0.2, -0.15) is 4.98 Å². The molecule has 3 aromatic rings. The van der Waals surface area contributed by atoms with Gasteiger partial charge in [0.1, 0.15) is 11.2 Å². The molecule has 168 valence electrons. The zero-order valence-corrected chi connectivity index (χ0v) is 17.7. The van der Waals surface area contributed by atoms with Crippen molar-refractivity contribution in [2.24, 2.45) is 0 Å². The molecule has 0 fully saturated rings. The Labute approximate surface area is 191 Å². The van der Waals surface area contributed by atoms with E-state index in [4.69, 9.17) is 5.73 Å². The van der Waals surface area contributed by atoms with E-state index in [1.807, 2.05) is 0 Å². The smallest absolute Gasteiger partial charge is 0.269 e. The van der Waals surface area contributed by atoms with Gasteiger partial charge in [0.25, 0.3) is 11.2 Å². The zero-order valence-electron chi connectivity index (χ0n) is 17.7. The highest BCUT2D eigenvalue weighted by Gasteiger charge is 2.63. The van der Waals surface area contributed by atoms with Crippen LogP contribution in [0.15, 0.2) is 52.8 Å². The topological polar surface area (TPSA) is 164 Å². The van der Waals surface area contributed by atoms with E-state index in [1.165, 1.54) is 23.1 Å². The van der Waals surface area contributed by atoms with Gasteiger partial charge < -0.3 is 16.0 Å². The van der Waals surface area contributed by atoms with Crippen LogP contribution in [0.3, 0.4) is 0 Å². The first-order valence-electron chi connectivity index (χ1n) is 10.5. The second-order valence-corrected chi connectivity index (χ2v) is 8.18. The van der Waals surface area contributed by atoms with Gasteiger partial charge in [-0.15, -0.1) is 0 Å². The number of likely N-dealkylation sites (N-methyl/N-ethyl adjacent to an activating group) is 1. The standard InChI is InChI=1S/C23H16N6O5/c1-2-28-14-8-7-10(29(33)34)9-13(14)23(21(28)32)15-17(11-5-3-4-6-12(11)18(15)30)25-19-16(23)20(31)27-22(24)26-19/h3-9H,2H2,1H3,(H4,24,25,26,27,31). The molecule has 34 heavy (non-hydrogen) atoms. The third-order valence-electron chi connectivity index (χ3n) is 6.62. The molecular formula is C23H16N6O5. The average Bonchev–Trinajstić information content (AvgIpc) is 3.22. The molecule has 1 unspecified atom stereocenters. The second-order valence-electron chi connectivity index (χ2n) is 8.18. The first-order chi connectivity index (χ1) is 16.3. The van der Waals surface area contributed by atoms with E-state index in [2.05, 4.69) is 15.3 Å². The fourth-order valence-electron chi connectivity index (χ4n) is 5.34. The minimum absolute atomic E-state index is 0.0215. The van der Waals surface area contributed by atoms with Gasteiger partial charge in [-0.1, -0.05) is 24.3 Å². The first kappa shape index (κ1) is 19.9. The van der Waals surface area contributed by atoms with Crippen molar-refractivity contribution in [3.63, 3.8) is 0 Å². The SMILES string of the molecule is CCN1C(=O)C2(C3=C(Nc4nc(N)[nH]c(=O)c42)c2ccccc2C3=O)c2cc([N+](=O)[O-])ccc21. The molecule has 2 aromatic carbocycles. The van der Waals surface area contributed by atoms with Crippen LogP contribution in [0.1, 0.15) is 34.0 Å². The minimum atomic E-state index is -1.93. The van der Waals surface area contributed by atoms with Crippen molar-refractivity contribution >= 4 is 40.5 Å². The van der Waals surface area contributed by atoms with Crippen LogP contribution in [0.5, 0.6) is 0 Å². The van der Waals surface area contributed by atoms with E-state index in [-0.39, 0.29) is 40.7 Å². The summed E-state index contributed by atoms with van der Waals surface area (Å²) < 4.78 is 0. The van der Waals surface area contributed by atoms with Crippen LogP contribution in [0.25, 0.3) is 5.70 Å². The summed E-state index contributed by atoms with van der Waals surface area (Å²) in [5.41, 5.74) is 4.60. The van der Waals surface area contributed by atoms with Crippen molar-refractivity contribution in [2.75, 3.05) is 22.5 Å². The van der Waals surface area contributed by atoms with Gasteiger partial charge in [-0.25, -0.2) is 0 Å². The number of anilines is 3. The van der Waals surface area contributed by atoms with Crippen LogP contribution >= 0.6 is 0 Å². The Hall–Kier alpha value is -4.80. The fourth-order valence-corrected chi connectivity index (χ4v) is 5.34. The van der Waals surface area contributed by atoms with Crippen molar-refractivity contribution in [1.29, 1.82) is 0 Å². The van der Waals surface area contributed by atoms with Crippen molar-refractivity contribution in [3.8, 4) is 0 Å². The van der Waals surface area contributed by atoms with Gasteiger partial charge in [0.2, 0.25) is 11.9 Å². The number of nitrogens with two attached hydrogens (primary N) is 1. The lowest BCUT2D eigenvalue weighted by Gasteiger charge is -2.35. The summed E-state index contributed by atoms with van der Waals surface area (Å²) in [5, 5.41) is 14.7. The Morgan fingerprint density at radius 3 is 2.59 bits per heavy atom. The van der Waals surface area contributed by atoms with E-state index in [0.717, 1.165) is 0 Å². The van der Waals surface area contributed by atoms with Crippen LogP contribution < -0.4 is 21.5 Å². The quantitative estimate of drug-likeness (QED) is 0.389. The third-order valence-corrected chi connectivity index (χ3v) is 6.62. The Morgan fingerprint density at radius 2 is 1.88 bits per heavy atom. The molecular weight excluding hydrogens is 440 g/mol. The molecule has 0 saturated heterocycles. The van der Waals surface area contributed by atoms with Crippen LogP contribution in [0.2, 0.25) is 0 Å². The van der Waals surface area contributed by atoms with Gasteiger partial charge in [-0.05, 0) is 13.0 Å². The average molecular weight is 456 g/mol. The van der Waals surface area contributed by atoms with Crippen LogP contribution in [-0.4, -0.2) is 33.1 Å². The number of carbonyl (C=O) groups excluding carboxylic acids is 2. The summed E-state index contributed by atoms with van der Waals surface area (Å²) in [6.45, 7) is 1.97. The summed E-state index contributed by atoms with van der Waals surface area (Å²) in [6.07, 6.45) is 0. The van der Waals surface area contributed by atoms with Crippen LogP contribution in [0.4, 0.5) is 23.1 Å². The van der Waals surface area contributed by atoms with Gasteiger partial charge in [0.05, 0.1) is 16.2 Å². The highest BCUT2D eigenvalue weighted by Crippen LogP contribution is 2.58. The number of nitro groups is 1. The normalized spacial score (nSPS) is 19.6. The predicted octanol–water partition coefficient (Wildman–Crippen LogP) is 1.95. The predicted molar refractivity (Wildman–Crippen MR) is 122 cm³/mol. The number of H-pyrrole nitrogens is 1. The number of ketones is 1. The maximum Gasteiger partial charge on any atom is 0.269 e. The molecule has 0 bridgehead atoms. The number of aromatic nitrogens is 2. The lowest BCUT2D eigenvalue weighted by atomic mass is 9.67. The molecule has 1 aromatic heterocycles. The van der Waals surface area contributed by atoms with E-state index in [1.54, 1.807) is 31.2 Å². The number of nitrogen functional groups attached to an aromatic ring is 1. The zero-order chi connectivity index (χ0) is 23.9. The molecule has 1 spiro atoms. The molecule has 11 nitrogen and oxygen atoms in total. The number of Topliss-reactive ketones (excluding diaryl/α,β-unsaturated/α-hetero) is 1. The highest BCUT2D eigenvalue weighted by atomic mass is 16.6. The number of benzene rings is 2. The Morgan fingerprint density at radius 1 is 1.15 bits per heavy atom. The van der Waals surface area contributed by atoms with E-state index in [0.29, 0.717) is 22.5 Å². The Balaban J connectivity index is 1.82. The number of hydrogen-bond acceptors (Lipinski definition) is 8. The largest absolute Gasteiger partial charge is 0.369 e. The number of rotatable bonds is 2. The van der Waals surface area contributed by atoms with E-state index < -0.39 is 27.6 Å². The summed E-state index contributed by atoms with van der Waals surface area (Å²) >= 11 is 0. The maximum absolute atomic E-state index is 14.2. The Kier molecular flexibility index (Phi) is 3.72. The third kappa shape index (κ3) is 2.15. The molecule has 1 aliphatic carbocycles.